The van der Waals surface area contributed by atoms with Crippen LogP contribution in [-0.4, -0.2) is 41.0 Å². The first kappa shape index (κ1) is 14.2. The quantitative estimate of drug-likeness (QED) is 0.723. The molecular weight excluding hydrogens is 236 g/mol. The summed E-state index contributed by atoms with van der Waals surface area (Å²) < 4.78 is 0. The molecule has 1 rings (SSSR count). The van der Waals surface area contributed by atoms with Crippen molar-refractivity contribution in [3.63, 3.8) is 0 Å². The fourth-order valence-corrected chi connectivity index (χ4v) is 1.70. The lowest BCUT2D eigenvalue weighted by atomic mass is 10.1. The Morgan fingerprint density at radius 1 is 1.00 bits per heavy atom. The number of hydrogen-bond donors (Lipinski definition) is 2. The van der Waals surface area contributed by atoms with Crippen molar-refractivity contribution in [3.05, 3.63) is 11.1 Å². The first-order chi connectivity index (χ1) is 8.43. The lowest BCUT2D eigenvalue weighted by Crippen LogP contribution is -2.45. The zero-order valence-corrected chi connectivity index (χ0v) is 10.7. The van der Waals surface area contributed by atoms with Gasteiger partial charge in [0.15, 0.2) is 0 Å². The van der Waals surface area contributed by atoms with Gasteiger partial charge in [0.25, 0.3) is 5.91 Å². The summed E-state index contributed by atoms with van der Waals surface area (Å²) in [5.74, 6) is -1.81. The van der Waals surface area contributed by atoms with Crippen LogP contribution in [0.15, 0.2) is 11.1 Å². The van der Waals surface area contributed by atoms with E-state index in [-0.39, 0.29) is 11.1 Å². The van der Waals surface area contributed by atoms with Crippen LogP contribution in [0.1, 0.15) is 33.1 Å². The van der Waals surface area contributed by atoms with Crippen molar-refractivity contribution < 1.29 is 19.5 Å². The molecule has 0 saturated carbocycles. The van der Waals surface area contributed by atoms with E-state index in [9.17, 15) is 14.4 Å². The molecule has 1 aliphatic heterocycles. The monoisotopic (exact) mass is 254 g/mol. The minimum atomic E-state index is -1.16. The van der Waals surface area contributed by atoms with Gasteiger partial charge in [-0.2, -0.15) is 0 Å². The number of amides is 3. The Kier molecular flexibility index (Phi) is 4.88. The van der Waals surface area contributed by atoms with Gasteiger partial charge in [0.2, 0.25) is 0 Å². The predicted molar refractivity (Wildman–Crippen MR) is 65.0 cm³/mol. The van der Waals surface area contributed by atoms with E-state index in [4.69, 9.17) is 5.11 Å². The summed E-state index contributed by atoms with van der Waals surface area (Å²) in [6, 6.07) is -0.447. The normalized spacial score (nSPS) is 16.9. The standard InChI is InChI=1S/C12H18N2O4/c1-8(9(2)11(16)17)10(15)13-12(18)14-6-4-3-5-7-14/h3-7H2,1-2H3,(H,16,17)(H,13,15,18). The molecule has 0 atom stereocenters. The maximum absolute atomic E-state index is 11.7. The lowest BCUT2D eigenvalue weighted by molar-refractivity contribution is -0.133. The summed E-state index contributed by atoms with van der Waals surface area (Å²) in [6.07, 6.45) is 2.96. The molecule has 6 heteroatoms. The highest BCUT2D eigenvalue weighted by atomic mass is 16.4. The second-order valence-corrected chi connectivity index (χ2v) is 4.36. The zero-order valence-electron chi connectivity index (χ0n) is 10.7. The van der Waals surface area contributed by atoms with Crippen molar-refractivity contribution in [3.8, 4) is 0 Å². The number of nitrogens with one attached hydrogen (secondary N) is 1. The van der Waals surface area contributed by atoms with Crippen LogP contribution in [0.4, 0.5) is 4.79 Å². The van der Waals surface area contributed by atoms with Crippen LogP contribution in [-0.2, 0) is 9.59 Å². The average Bonchev–Trinajstić information content (AvgIpc) is 2.37. The van der Waals surface area contributed by atoms with E-state index >= 15 is 0 Å². The Bertz CT molecular complexity index is 395. The van der Waals surface area contributed by atoms with Gasteiger partial charge in [-0.25, -0.2) is 9.59 Å². The largest absolute Gasteiger partial charge is 0.478 e. The van der Waals surface area contributed by atoms with E-state index in [2.05, 4.69) is 5.32 Å². The second-order valence-electron chi connectivity index (χ2n) is 4.36. The number of aliphatic carboxylic acids is 1. The molecule has 1 saturated heterocycles. The number of imide groups is 1. The van der Waals surface area contributed by atoms with E-state index in [0.29, 0.717) is 13.1 Å². The molecule has 1 heterocycles. The maximum Gasteiger partial charge on any atom is 0.331 e. The molecule has 1 aliphatic rings. The molecule has 0 spiro atoms. The lowest BCUT2D eigenvalue weighted by Gasteiger charge is -2.26. The van der Waals surface area contributed by atoms with Crippen molar-refractivity contribution in [1.29, 1.82) is 0 Å². The maximum atomic E-state index is 11.7. The Balaban J connectivity index is 2.61. The van der Waals surface area contributed by atoms with E-state index < -0.39 is 17.9 Å². The van der Waals surface area contributed by atoms with Crippen LogP contribution in [0.25, 0.3) is 0 Å². The number of likely N-dealkylation sites (tertiary alicyclic amines) is 1. The molecule has 2 N–H and O–H groups in total. The van der Waals surface area contributed by atoms with Crippen LogP contribution in [0, 0.1) is 0 Å². The molecule has 6 nitrogen and oxygen atoms in total. The molecule has 0 aromatic rings. The number of piperidine rings is 1. The highest BCUT2D eigenvalue weighted by Gasteiger charge is 2.20. The van der Waals surface area contributed by atoms with Gasteiger partial charge in [-0.3, -0.25) is 10.1 Å². The van der Waals surface area contributed by atoms with E-state index in [1.807, 2.05) is 0 Å². The van der Waals surface area contributed by atoms with Crippen molar-refractivity contribution in [2.75, 3.05) is 13.1 Å². The third-order valence-electron chi connectivity index (χ3n) is 3.09. The number of carboxylic acid groups (broad SMARTS) is 1. The molecule has 3 amide bonds. The number of carboxylic acids is 1. The number of carbonyl (C=O) groups is 3. The van der Waals surface area contributed by atoms with Gasteiger partial charge in [0.05, 0.1) is 0 Å². The summed E-state index contributed by atoms with van der Waals surface area (Å²) in [5, 5.41) is 11.0. The smallest absolute Gasteiger partial charge is 0.331 e. The van der Waals surface area contributed by atoms with Gasteiger partial charge in [-0.1, -0.05) is 0 Å². The van der Waals surface area contributed by atoms with Gasteiger partial charge in [-0.05, 0) is 33.1 Å². The molecule has 100 valence electrons. The third kappa shape index (κ3) is 3.58. The van der Waals surface area contributed by atoms with Crippen molar-refractivity contribution in [2.24, 2.45) is 0 Å². The third-order valence-corrected chi connectivity index (χ3v) is 3.09. The van der Waals surface area contributed by atoms with Crippen LogP contribution < -0.4 is 5.32 Å². The minimum absolute atomic E-state index is 0.0489. The van der Waals surface area contributed by atoms with Crippen LogP contribution in [0.5, 0.6) is 0 Å². The van der Waals surface area contributed by atoms with Gasteiger partial charge >= 0.3 is 12.0 Å². The van der Waals surface area contributed by atoms with E-state index in [1.54, 1.807) is 4.90 Å². The van der Waals surface area contributed by atoms with E-state index in [0.717, 1.165) is 19.3 Å². The van der Waals surface area contributed by atoms with Crippen LogP contribution >= 0.6 is 0 Å². The molecule has 1 fully saturated rings. The van der Waals surface area contributed by atoms with Crippen molar-refractivity contribution >= 4 is 17.9 Å². The molecule has 0 radical (unpaired) electrons. The van der Waals surface area contributed by atoms with Crippen molar-refractivity contribution in [1.82, 2.24) is 10.2 Å². The summed E-state index contributed by atoms with van der Waals surface area (Å²) in [6.45, 7) is 4.00. The summed E-state index contributed by atoms with van der Waals surface area (Å²) in [7, 11) is 0. The molecule has 18 heavy (non-hydrogen) atoms. The number of carbonyl (C=O) groups excluding carboxylic acids is 2. The fraction of sp³-hybridized carbons (Fsp3) is 0.583. The van der Waals surface area contributed by atoms with E-state index in [1.165, 1.54) is 13.8 Å². The zero-order chi connectivity index (χ0) is 13.7. The van der Waals surface area contributed by atoms with Crippen LogP contribution in [0.3, 0.4) is 0 Å². The number of urea groups is 1. The first-order valence-electron chi connectivity index (χ1n) is 5.94. The molecule has 0 bridgehead atoms. The summed E-state index contributed by atoms with van der Waals surface area (Å²) >= 11 is 0. The number of hydrogen-bond acceptors (Lipinski definition) is 3. The van der Waals surface area contributed by atoms with Gasteiger partial charge < -0.3 is 10.0 Å². The number of rotatable bonds is 2. The van der Waals surface area contributed by atoms with Crippen LogP contribution in [0.2, 0.25) is 0 Å². The summed E-state index contributed by atoms with van der Waals surface area (Å²) in [5.41, 5.74) is -0.00759. The summed E-state index contributed by atoms with van der Waals surface area (Å²) in [4.78, 5) is 35.7. The Morgan fingerprint density at radius 2 is 1.56 bits per heavy atom. The SMILES string of the molecule is CC(C(=O)O)=C(C)C(=O)NC(=O)N1CCCCC1. The Hall–Kier alpha value is -1.85. The molecule has 0 aliphatic carbocycles. The van der Waals surface area contributed by atoms with Gasteiger partial charge in [0, 0.05) is 24.2 Å². The minimum Gasteiger partial charge on any atom is -0.478 e. The Morgan fingerprint density at radius 3 is 2.06 bits per heavy atom. The molecule has 0 unspecified atom stereocenters. The molecule has 0 aromatic heterocycles. The molecular formula is C12H18N2O4. The van der Waals surface area contributed by atoms with Gasteiger partial charge in [0.1, 0.15) is 0 Å². The second kappa shape index (κ2) is 6.18. The van der Waals surface area contributed by atoms with Gasteiger partial charge in [-0.15, -0.1) is 0 Å². The highest BCUT2D eigenvalue weighted by Crippen LogP contribution is 2.09. The Labute approximate surface area is 106 Å². The average molecular weight is 254 g/mol. The highest BCUT2D eigenvalue weighted by molar-refractivity contribution is 6.07. The number of nitrogens with zero attached hydrogens (tertiary/aromatic N) is 1. The first-order valence-corrected chi connectivity index (χ1v) is 5.94. The molecule has 0 aromatic carbocycles. The topological polar surface area (TPSA) is 86.7 Å². The predicted octanol–water partition coefficient (Wildman–Crippen LogP) is 1.13. The van der Waals surface area contributed by atoms with Crippen molar-refractivity contribution in [2.45, 2.75) is 33.1 Å². The fourth-order valence-electron chi connectivity index (χ4n) is 1.70.